The Morgan fingerprint density at radius 3 is 2.46 bits per heavy atom. The highest BCUT2D eigenvalue weighted by molar-refractivity contribution is 5.93. The molecule has 2 amide bonds. The Morgan fingerprint density at radius 2 is 1.77 bits per heavy atom. The smallest absolute Gasteiger partial charge is 0.257 e. The van der Waals surface area contributed by atoms with Crippen molar-refractivity contribution in [3.8, 4) is 5.75 Å². The summed E-state index contributed by atoms with van der Waals surface area (Å²) in [5, 5.41) is 3.02. The minimum atomic E-state index is -0.522. The number of primary amides is 1. The summed E-state index contributed by atoms with van der Waals surface area (Å²) in [7, 11) is 0. The van der Waals surface area contributed by atoms with Gasteiger partial charge in [-0.25, -0.2) is 0 Å². The van der Waals surface area contributed by atoms with Crippen molar-refractivity contribution in [1.82, 2.24) is 5.32 Å². The van der Waals surface area contributed by atoms with E-state index in [0.717, 1.165) is 12.8 Å². The Morgan fingerprint density at radius 1 is 1.04 bits per heavy atom. The number of rotatable bonds is 7. The number of ether oxygens (including phenoxy) is 1. The predicted molar refractivity (Wildman–Crippen MR) is 100 cm³/mol. The van der Waals surface area contributed by atoms with E-state index in [-0.39, 0.29) is 17.9 Å². The Kier molecular flexibility index (Phi) is 5.56. The number of carbonyl (C=O) groups is 2. The molecule has 1 aliphatic rings. The molecule has 0 bridgehead atoms. The van der Waals surface area contributed by atoms with Gasteiger partial charge in [0.2, 0.25) is 5.91 Å². The van der Waals surface area contributed by atoms with Gasteiger partial charge in [-0.05, 0) is 36.6 Å². The normalized spacial score (nSPS) is 15.4. The van der Waals surface area contributed by atoms with Crippen molar-refractivity contribution in [3.63, 3.8) is 0 Å². The molecule has 0 aliphatic heterocycles. The van der Waals surface area contributed by atoms with Gasteiger partial charge in [-0.2, -0.15) is 0 Å². The number of hydrogen-bond acceptors (Lipinski definition) is 3. The van der Waals surface area contributed by atoms with Crippen molar-refractivity contribution in [2.24, 2.45) is 5.73 Å². The Balaban J connectivity index is 1.56. The largest absolute Gasteiger partial charge is 0.484 e. The van der Waals surface area contributed by atoms with Crippen LogP contribution in [0.25, 0.3) is 0 Å². The van der Waals surface area contributed by atoms with Crippen molar-refractivity contribution in [2.45, 2.75) is 31.1 Å². The maximum Gasteiger partial charge on any atom is 0.257 e. The molecule has 2 aromatic rings. The summed E-state index contributed by atoms with van der Waals surface area (Å²) in [5.41, 5.74) is 6.91. The third-order valence-corrected chi connectivity index (χ3v) is 5.06. The molecule has 0 heterocycles. The van der Waals surface area contributed by atoms with Gasteiger partial charge in [0.1, 0.15) is 5.75 Å². The van der Waals surface area contributed by atoms with Gasteiger partial charge in [-0.15, -0.1) is 0 Å². The first kappa shape index (κ1) is 18.0. The number of carbonyl (C=O) groups excluding carboxylic acids is 2. The van der Waals surface area contributed by atoms with Gasteiger partial charge in [0.15, 0.2) is 6.61 Å². The fourth-order valence-corrected chi connectivity index (χ4v) is 3.62. The second kappa shape index (κ2) is 8.04. The van der Waals surface area contributed by atoms with Crippen LogP contribution in [-0.2, 0) is 10.2 Å². The molecule has 0 atom stereocenters. The van der Waals surface area contributed by atoms with Crippen LogP contribution in [0.3, 0.4) is 0 Å². The standard InChI is InChI=1S/C21H24N2O3/c22-20(25)16-7-6-10-18(13-16)26-14-19(24)23-15-21(11-4-5-12-21)17-8-2-1-3-9-17/h1-3,6-10,13H,4-5,11-12,14-15H2,(H2,22,25)(H,23,24). The lowest BCUT2D eigenvalue weighted by molar-refractivity contribution is -0.123. The van der Waals surface area contributed by atoms with Crippen LogP contribution < -0.4 is 15.8 Å². The van der Waals surface area contributed by atoms with Gasteiger partial charge in [-0.3, -0.25) is 9.59 Å². The molecular weight excluding hydrogens is 328 g/mol. The fourth-order valence-electron chi connectivity index (χ4n) is 3.62. The molecule has 26 heavy (non-hydrogen) atoms. The molecule has 0 saturated heterocycles. The molecule has 0 radical (unpaired) electrons. The predicted octanol–water partition coefficient (Wildman–Crippen LogP) is 2.79. The van der Waals surface area contributed by atoms with E-state index in [4.69, 9.17) is 10.5 Å². The van der Waals surface area contributed by atoms with Gasteiger partial charge in [0, 0.05) is 17.5 Å². The van der Waals surface area contributed by atoms with E-state index in [1.807, 2.05) is 18.2 Å². The summed E-state index contributed by atoms with van der Waals surface area (Å²) in [4.78, 5) is 23.4. The van der Waals surface area contributed by atoms with Crippen molar-refractivity contribution < 1.29 is 14.3 Å². The summed E-state index contributed by atoms with van der Waals surface area (Å²) < 4.78 is 5.49. The topological polar surface area (TPSA) is 81.4 Å². The van der Waals surface area contributed by atoms with E-state index in [2.05, 4.69) is 17.4 Å². The molecule has 0 spiro atoms. The molecule has 3 rings (SSSR count). The minimum Gasteiger partial charge on any atom is -0.484 e. The zero-order chi connectivity index (χ0) is 18.4. The highest BCUT2D eigenvalue weighted by Crippen LogP contribution is 2.40. The molecule has 5 heteroatoms. The van der Waals surface area contributed by atoms with Crippen LogP contribution in [0.15, 0.2) is 54.6 Å². The Labute approximate surface area is 153 Å². The highest BCUT2D eigenvalue weighted by Gasteiger charge is 2.35. The van der Waals surface area contributed by atoms with Crippen LogP contribution in [0.1, 0.15) is 41.6 Å². The van der Waals surface area contributed by atoms with Gasteiger partial charge in [0.25, 0.3) is 5.91 Å². The highest BCUT2D eigenvalue weighted by atomic mass is 16.5. The second-order valence-electron chi connectivity index (χ2n) is 6.81. The Hall–Kier alpha value is -2.82. The molecule has 3 N–H and O–H groups in total. The van der Waals surface area contributed by atoms with Crippen molar-refractivity contribution in [3.05, 3.63) is 65.7 Å². The molecule has 1 saturated carbocycles. The third kappa shape index (κ3) is 4.23. The van der Waals surface area contributed by atoms with Gasteiger partial charge in [-0.1, -0.05) is 49.2 Å². The molecular formula is C21H24N2O3. The molecule has 0 unspecified atom stereocenters. The number of amides is 2. The van der Waals surface area contributed by atoms with Crippen LogP contribution >= 0.6 is 0 Å². The fraction of sp³-hybridized carbons (Fsp3) is 0.333. The van der Waals surface area contributed by atoms with Gasteiger partial charge >= 0.3 is 0 Å². The van der Waals surface area contributed by atoms with Gasteiger partial charge in [0.05, 0.1) is 0 Å². The van der Waals surface area contributed by atoms with E-state index < -0.39 is 5.91 Å². The van der Waals surface area contributed by atoms with E-state index in [1.54, 1.807) is 18.2 Å². The average molecular weight is 352 g/mol. The summed E-state index contributed by atoms with van der Waals surface area (Å²) in [5.74, 6) is -0.238. The zero-order valence-electron chi connectivity index (χ0n) is 14.7. The lowest BCUT2D eigenvalue weighted by Gasteiger charge is -2.30. The SMILES string of the molecule is NC(=O)c1cccc(OCC(=O)NCC2(c3ccccc3)CCCC2)c1. The van der Waals surface area contributed by atoms with Crippen LogP contribution in [0.5, 0.6) is 5.75 Å². The van der Waals surface area contributed by atoms with E-state index in [9.17, 15) is 9.59 Å². The van der Waals surface area contributed by atoms with Crippen molar-refractivity contribution >= 4 is 11.8 Å². The van der Waals surface area contributed by atoms with E-state index in [0.29, 0.717) is 17.9 Å². The first-order chi connectivity index (χ1) is 12.6. The molecule has 5 nitrogen and oxygen atoms in total. The van der Waals surface area contributed by atoms with E-state index in [1.165, 1.54) is 24.5 Å². The lowest BCUT2D eigenvalue weighted by Crippen LogP contribution is -2.40. The number of benzene rings is 2. The van der Waals surface area contributed by atoms with Gasteiger partial charge < -0.3 is 15.8 Å². The quantitative estimate of drug-likeness (QED) is 0.804. The first-order valence-electron chi connectivity index (χ1n) is 8.94. The first-order valence-corrected chi connectivity index (χ1v) is 8.94. The molecule has 2 aromatic carbocycles. The molecule has 1 aliphatic carbocycles. The number of nitrogens with one attached hydrogen (secondary N) is 1. The summed E-state index contributed by atoms with van der Waals surface area (Å²) in [6.07, 6.45) is 4.53. The maximum atomic E-state index is 12.2. The summed E-state index contributed by atoms with van der Waals surface area (Å²) in [6.45, 7) is 0.521. The monoisotopic (exact) mass is 352 g/mol. The van der Waals surface area contributed by atoms with Crippen LogP contribution in [0.2, 0.25) is 0 Å². The lowest BCUT2D eigenvalue weighted by atomic mass is 9.79. The van der Waals surface area contributed by atoms with Crippen molar-refractivity contribution in [1.29, 1.82) is 0 Å². The number of hydrogen-bond donors (Lipinski definition) is 2. The maximum absolute atomic E-state index is 12.2. The zero-order valence-corrected chi connectivity index (χ0v) is 14.7. The average Bonchev–Trinajstić information content (AvgIpc) is 3.16. The van der Waals surface area contributed by atoms with Crippen molar-refractivity contribution in [2.75, 3.05) is 13.2 Å². The van der Waals surface area contributed by atoms with Crippen LogP contribution in [0.4, 0.5) is 0 Å². The summed E-state index contributed by atoms with van der Waals surface area (Å²) >= 11 is 0. The third-order valence-electron chi connectivity index (χ3n) is 5.06. The van der Waals surface area contributed by atoms with E-state index >= 15 is 0 Å². The Bertz CT molecular complexity index is 768. The van der Waals surface area contributed by atoms with Crippen LogP contribution in [0, 0.1) is 0 Å². The molecule has 0 aromatic heterocycles. The number of nitrogens with two attached hydrogens (primary N) is 1. The minimum absolute atomic E-state index is 0.0167. The molecule has 136 valence electrons. The second-order valence-corrected chi connectivity index (χ2v) is 6.81. The summed E-state index contributed by atoms with van der Waals surface area (Å²) in [6, 6.07) is 16.9. The van der Waals surface area contributed by atoms with Crippen LogP contribution in [-0.4, -0.2) is 25.0 Å². The molecule has 1 fully saturated rings.